The molecule has 0 saturated heterocycles. The van der Waals surface area contributed by atoms with E-state index in [9.17, 15) is 9.00 Å². The van der Waals surface area contributed by atoms with Gasteiger partial charge in [0.05, 0.1) is 4.90 Å². The topological polar surface area (TPSA) is 87.8 Å². The van der Waals surface area contributed by atoms with E-state index in [1.54, 1.807) is 12.1 Å². The number of urea groups is 1. The van der Waals surface area contributed by atoms with Crippen LogP contribution < -0.4 is 10.5 Å². The van der Waals surface area contributed by atoms with Crippen molar-refractivity contribution in [3.05, 3.63) is 58.1 Å². The zero-order valence-corrected chi connectivity index (χ0v) is 19.6. The van der Waals surface area contributed by atoms with Gasteiger partial charge in [0.2, 0.25) is 0 Å². The van der Waals surface area contributed by atoms with Gasteiger partial charge in [-0.2, -0.15) is 0 Å². The minimum atomic E-state index is -3.34. The van der Waals surface area contributed by atoms with E-state index >= 15 is 0 Å². The Hall–Kier alpha value is -2.22. The van der Waals surface area contributed by atoms with E-state index in [0.717, 1.165) is 49.8 Å². The highest BCUT2D eigenvalue weighted by Crippen LogP contribution is 2.38. The van der Waals surface area contributed by atoms with Crippen molar-refractivity contribution in [1.82, 2.24) is 4.90 Å². The number of carbonyl (C=O) groups is 1. The Labute approximate surface area is 185 Å². The molecule has 0 aliphatic heterocycles. The standard InChI is InChI=1S/C24H32N4O2S/c1-24(2,28(3)4)18-11-13-19(14-12-18)31(25,30)27-23(29)26-22-20-9-5-7-16(20)15-17-8-6-10-21(17)22/h11-15H,5-10H2,1-4H3,(H3,25,26,27,29,30). The summed E-state index contributed by atoms with van der Waals surface area (Å²) in [5, 5.41) is 8.97. The summed E-state index contributed by atoms with van der Waals surface area (Å²) in [5.41, 5.74) is 6.83. The number of carbonyl (C=O) groups excluding carboxylic acids is 1. The minimum Gasteiger partial charge on any atom is -0.305 e. The smallest absolute Gasteiger partial charge is 0.305 e. The number of hydrogen-bond donors (Lipinski definition) is 2. The molecule has 2 aliphatic rings. The molecule has 2 aliphatic carbocycles. The van der Waals surface area contributed by atoms with Crippen molar-refractivity contribution in [2.24, 2.45) is 9.50 Å². The predicted octanol–water partition coefficient (Wildman–Crippen LogP) is 4.39. The van der Waals surface area contributed by atoms with Gasteiger partial charge in [0.25, 0.3) is 0 Å². The van der Waals surface area contributed by atoms with Crippen LogP contribution in [0.25, 0.3) is 0 Å². The number of nitrogens with one attached hydrogen (secondary N) is 1. The number of aryl methyl sites for hydroxylation is 2. The Morgan fingerprint density at radius 2 is 1.58 bits per heavy atom. The van der Waals surface area contributed by atoms with Gasteiger partial charge in [0.1, 0.15) is 9.92 Å². The van der Waals surface area contributed by atoms with Crippen molar-refractivity contribution in [2.75, 3.05) is 19.4 Å². The van der Waals surface area contributed by atoms with E-state index in [2.05, 4.69) is 34.5 Å². The van der Waals surface area contributed by atoms with E-state index in [1.165, 1.54) is 22.3 Å². The maximum absolute atomic E-state index is 13.1. The first kappa shape index (κ1) is 22.0. The minimum absolute atomic E-state index is 0.184. The first-order valence-corrected chi connectivity index (χ1v) is 12.5. The molecular formula is C24H32N4O2S. The summed E-state index contributed by atoms with van der Waals surface area (Å²) in [7, 11) is 0.680. The van der Waals surface area contributed by atoms with Crippen molar-refractivity contribution in [3.63, 3.8) is 0 Å². The Morgan fingerprint density at radius 3 is 2.10 bits per heavy atom. The van der Waals surface area contributed by atoms with Crippen LogP contribution in [0.2, 0.25) is 0 Å². The molecule has 2 aromatic rings. The van der Waals surface area contributed by atoms with Crippen LogP contribution in [-0.4, -0.2) is 29.2 Å². The molecule has 7 heteroatoms. The Bertz CT molecular complexity index is 1110. The highest BCUT2D eigenvalue weighted by Gasteiger charge is 2.26. The van der Waals surface area contributed by atoms with Crippen molar-refractivity contribution in [2.45, 2.75) is 62.8 Å². The summed E-state index contributed by atoms with van der Waals surface area (Å²) >= 11 is 0. The lowest BCUT2D eigenvalue weighted by Gasteiger charge is -2.33. The Morgan fingerprint density at radius 1 is 1.03 bits per heavy atom. The normalized spacial score (nSPS) is 17.2. The summed E-state index contributed by atoms with van der Waals surface area (Å²) in [5.74, 6) is 0. The van der Waals surface area contributed by atoms with Crippen molar-refractivity contribution in [3.8, 4) is 0 Å². The molecule has 2 amide bonds. The highest BCUT2D eigenvalue weighted by molar-refractivity contribution is 7.91. The zero-order chi connectivity index (χ0) is 22.4. The van der Waals surface area contributed by atoms with Gasteiger partial charge in [0.15, 0.2) is 0 Å². The highest BCUT2D eigenvalue weighted by atomic mass is 32.2. The van der Waals surface area contributed by atoms with Crippen LogP contribution in [0.1, 0.15) is 54.5 Å². The largest absolute Gasteiger partial charge is 0.354 e. The molecule has 4 rings (SSSR count). The van der Waals surface area contributed by atoms with E-state index < -0.39 is 15.9 Å². The molecule has 0 aromatic heterocycles. The molecular weight excluding hydrogens is 408 g/mol. The van der Waals surface area contributed by atoms with Crippen LogP contribution >= 0.6 is 0 Å². The Balaban J connectivity index is 1.61. The second-order valence-corrected chi connectivity index (χ2v) is 11.1. The molecule has 166 valence electrons. The quantitative estimate of drug-likeness (QED) is 0.739. The van der Waals surface area contributed by atoms with Crippen LogP contribution in [0.3, 0.4) is 0 Å². The lowest BCUT2D eigenvalue weighted by atomic mass is 9.93. The first-order chi connectivity index (χ1) is 14.6. The van der Waals surface area contributed by atoms with Gasteiger partial charge in [-0.3, -0.25) is 0 Å². The van der Waals surface area contributed by atoms with Gasteiger partial charge in [0, 0.05) is 11.2 Å². The molecule has 31 heavy (non-hydrogen) atoms. The van der Waals surface area contributed by atoms with Crippen LogP contribution in [0.15, 0.2) is 39.6 Å². The number of benzene rings is 2. The third-order valence-electron chi connectivity index (χ3n) is 6.94. The van der Waals surface area contributed by atoms with Crippen molar-refractivity contribution >= 4 is 21.6 Å². The molecule has 3 N–H and O–H groups in total. The van der Waals surface area contributed by atoms with Crippen LogP contribution in [0, 0.1) is 0 Å². The maximum Gasteiger partial charge on any atom is 0.354 e. The monoisotopic (exact) mass is 440 g/mol. The summed E-state index contributed by atoms with van der Waals surface area (Å²) in [6, 6.07) is 8.87. The number of amides is 2. The number of hydrogen-bond acceptors (Lipinski definition) is 3. The molecule has 0 heterocycles. The third kappa shape index (κ3) is 4.14. The molecule has 1 atom stereocenters. The first-order valence-electron chi connectivity index (χ1n) is 10.9. The number of nitrogens with zero attached hydrogens (tertiary/aromatic N) is 2. The number of nitrogens with two attached hydrogens (primary N) is 1. The van der Waals surface area contributed by atoms with E-state index in [1.807, 2.05) is 26.2 Å². The maximum atomic E-state index is 13.1. The molecule has 0 saturated carbocycles. The van der Waals surface area contributed by atoms with E-state index in [0.29, 0.717) is 4.90 Å². The van der Waals surface area contributed by atoms with E-state index in [4.69, 9.17) is 5.14 Å². The number of anilines is 1. The lowest BCUT2D eigenvalue weighted by molar-refractivity contribution is 0.197. The second-order valence-electron chi connectivity index (χ2n) is 9.30. The Kier molecular flexibility index (Phi) is 5.70. The molecule has 1 unspecified atom stereocenters. The molecule has 2 aromatic carbocycles. The number of rotatable bonds is 4. The van der Waals surface area contributed by atoms with Crippen LogP contribution in [0.4, 0.5) is 10.5 Å². The van der Waals surface area contributed by atoms with Gasteiger partial charge >= 0.3 is 6.03 Å². The molecule has 0 bridgehead atoms. The van der Waals surface area contributed by atoms with Crippen LogP contribution in [-0.2, 0) is 41.1 Å². The zero-order valence-electron chi connectivity index (χ0n) is 18.8. The van der Waals surface area contributed by atoms with Crippen molar-refractivity contribution < 1.29 is 9.00 Å². The van der Waals surface area contributed by atoms with E-state index in [-0.39, 0.29) is 5.54 Å². The van der Waals surface area contributed by atoms with Crippen LogP contribution in [0.5, 0.6) is 0 Å². The summed E-state index contributed by atoms with van der Waals surface area (Å²) < 4.78 is 17.0. The van der Waals surface area contributed by atoms with Crippen molar-refractivity contribution in [1.29, 1.82) is 0 Å². The van der Waals surface area contributed by atoms with Gasteiger partial charge < -0.3 is 10.2 Å². The average Bonchev–Trinajstić information content (AvgIpc) is 3.36. The summed E-state index contributed by atoms with van der Waals surface area (Å²) in [6.07, 6.45) is 6.21. The SMILES string of the molecule is CN(C)C(C)(C)c1ccc(S(N)(=O)=NC(=O)Nc2c3c(cc4c2CCC4)CCC3)cc1. The second kappa shape index (κ2) is 8.04. The fraction of sp³-hybridized carbons (Fsp3) is 0.458. The number of fused-ring (bicyclic) bond motifs is 2. The molecule has 6 nitrogen and oxygen atoms in total. The van der Waals surface area contributed by atoms with Gasteiger partial charge in [-0.05, 0) is 106 Å². The predicted molar refractivity (Wildman–Crippen MR) is 126 cm³/mol. The average molecular weight is 441 g/mol. The fourth-order valence-corrected chi connectivity index (χ4v) is 5.51. The molecule has 0 radical (unpaired) electrons. The summed E-state index contributed by atoms with van der Waals surface area (Å²) in [6.45, 7) is 4.21. The third-order valence-corrected chi connectivity index (χ3v) is 8.32. The van der Waals surface area contributed by atoms with Gasteiger partial charge in [-0.15, -0.1) is 4.36 Å². The molecule has 0 fully saturated rings. The summed E-state index contributed by atoms with van der Waals surface area (Å²) in [4.78, 5) is 15.2. The van der Waals surface area contributed by atoms with Gasteiger partial charge in [-0.1, -0.05) is 18.2 Å². The van der Waals surface area contributed by atoms with Gasteiger partial charge in [-0.25, -0.2) is 14.1 Å². The lowest BCUT2D eigenvalue weighted by Crippen LogP contribution is -2.35. The molecule has 0 spiro atoms. The fourth-order valence-electron chi connectivity index (χ4n) is 4.59.